The van der Waals surface area contributed by atoms with Crippen molar-refractivity contribution in [2.24, 2.45) is 11.8 Å². The number of benzene rings is 1. The molecule has 1 aromatic carbocycles. The molecule has 0 aliphatic heterocycles. The summed E-state index contributed by atoms with van der Waals surface area (Å²) in [6, 6.07) is 9.26. The third-order valence-electron chi connectivity index (χ3n) is 2.67. The molecule has 0 bridgehead atoms. The molecule has 0 heterocycles. The van der Waals surface area contributed by atoms with Crippen LogP contribution >= 0.6 is 0 Å². The molecular weight excluding hydrogens is 200 g/mol. The first-order chi connectivity index (χ1) is 7.65. The predicted molar refractivity (Wildman–Crippen MR) is 65.3 cm³/mol. The summed E-state index contributed by atoms with van der Waals surface area (Å²) in [6.45, 7) is 6.21. The average molecular weight is 220 g/mol. The van der Waals surface area contributed by atoms with E-state index in [-0.39, 0.29) is 11.9 Å². The highest BCUT2D eigenvalue weighted by molar-refractivity contribution is 5.75. The minimum absolute atomic E-state index is 0.00482. The summed E-state index contributed by atoms with van der Waals surface area (Å²) in [5.74, 6) is 0.860. The maximum Gasteiger partial charge on any atom is 0.314 e. The molecule has 0 saturated carbocycles. The van der Waals surface area contributed by atoms with Gasteiger partial charge in [-0.2, -0.15) is 0 Å². The fourth-order valence-electron chi connectivity index (χ4n) is 1.71. The van der Waals surface area contributed by atoms with Gasteiger partial charge < -0.3 is 4.74 Å². The summed E-state index contributed by atoms with van der Waals surface area (Å²) in [5, 5.41) is 0. The van der Waals surface area contributed by atoms with E-state index in [1.807, 2.05) is 18.2 Å². The van der Waals surface area contributed by atoms with Crippen molar-refractivity contribution in [3.63, 3.8) is 0 Å². The van der Waals surface area contributed by atoms with Crippen LogP contribution < -0.4 is 4.74 Å². The molecule has 1 unspecified atom stereocenters. The van der Waals surface area contributed by atoms with Crippen molar-refractivity contribution in [3.8, 4) is 5.75 Å². The van der Waals surface area contributed by atoms with Gasteiger partial charge in [0, 0.05) is 0 Å². The molecule has 88 valence electrons. The Morgan fingerprint density at radius 2 is 1.88 bits per heavy atom. The molecule has 0 aromatic heterocycles. The van der Waals surface area contributed by atoms with Crippen molar-refractivity contribution >= 4 is 5.97 Å². The number of carbonyl (C=O) groups excluding carboxylic acids is 1. The predicted octanol–water partition coefficient (Wildman–Crippen LogP) is 3.66. The third kappa shape index (κ3) is 3.69. The highest BCUT2D eigenvalue weighted by atomic mass is 16.5. The molecule has 1 aromatic rings. The van der Waals surface area contributed by atoms with Gasteiger partial charge in [-0.25, -0.2) is 0 Å². The molecule has 0 N–H and O–H groups in total. The zero-order valence-corrected chi connectivity index (χ0v) is 10.3. The van der Waals surface area contributed by atoms with Crippen LogP contribution in [0.2, 0.25) is 0 Å². The van der Waals surface area contributed by atoms with Crippen LogP contribution in [0.4, 0.5) is 0 Å². The molecular formula is C14H20O2. The summed E-state index contributed by atoms with van der Waals surface area (Å²) in [6.07, 6.45) is 1.90. The Morgan fingerprint density at radius 3 is 2.38 bits per heavy atom. The number of esters is 1. The summed E-state index contributed by atoms with van der Waals surface area (Å²) in [7, 11) is 0. The Bertz CT molecular complexity index is 317. The molecule has 0 saturated heterocycles. The van der Waals surface area contributed by atoms with Gasteiger partial charge in [-0.3, -0.25) is 4.79 Å². The molecule has 0 aliphatic rings. The zero-order chi connectivity index (χ0) is 12.0. The average Bonchev–Trinajstić information content (AvgIpc) is 2.26. The number of carbonyl (C=O) groups is 1. The van der Waals surface area contributed by atoms with Crippen LogP contribution in [0.3, 0.4) is 0 Å². The smallest absolute Gasteiger partial charge is 0.314 e. The lowest BCUT2D eigenvalue weighted by molar-refractivity contribution is -0.140. The van der Waals surface area contributed by atoms with Gasteiger partial charge >= 0.3 is 5.97 Å². The third-order valence-corrected chi connectivity index (χ3v) is 2.67. The Kier molecular flexibility index (Phi) is 5.03. The summed E-state index contributed by atoms with van der Waals surface area (Å²) in [4.78, 5) is 11.9. The van der Waals surface area contributed by atoms with Gasteiger partial charge in [0.15, 0.2) is 0 Å². The molecule has 2 heteroatoms. The number of ether oxygens (including phenoxy) is 1. The largest absolute Gasteiger partial charge is 0.426 e. The zero-order valence-electron chi connectivity index (χ0n) is 10.3. The van der Waals surface area contributed by atoms with Crippen LogP contribution in [-0.4, -0.2) is 5.97 Å². The SMILES string of the molecule is CCCC(C(=O)Oc1ccccc1)C(C)C. The van der Waals surface area contributed by atoms with Crippen LogP contribution in [0.1, 0.15) is 33.6 Å². The van der Waals surface area contributed by atoms with E-state index < -0.39 is 0 Å². The lowest BCUT2D eigenvalue weighted by Crippen LogP contribution is -2.25. The van der Waals surface area contributed by atoms with Gasteiger partial charge in [0.2, 0.25) is 0 Å². The van der Waals surface area contributed by atoms with Crippen molar-refractivity contribution < 1.29 is 9.53 Å². The van der Waals surface area contributed by atoms with E-state index in [0.717, 1.165) is 12.8 Å². The van der Waals surface area contributed by atoms with E-state index in [9.17, 15) is 4.79 Å². The van der Waals surface area contributed by atoms with Gasteiger partial charge in [-0.15, -0.1) is 0 Å². The monoisotopic (exact) mass is 220 g/mol. The van der Waals surface area contributed by atoms with Gasteiger partial charge in [0.05, 0.1) is 5.92 Å². The Labute approximate surface area is 97.6 Å². The molecule has 0 amide bonds. The topological polar surface area (TPSA) is 26.3 Å². The summed E-state index contributed by atoms with van der Waals surface area (Å²) >= 11 is 0. The molecule has 16 heavy (non-hydrogen) atoms. The van der Waals surface area contributed by atoms with Gasteiger partial charge in [-0.05, 0) is 24.5 Å². The van der Waals surface area contributed by atoms with Crippen LogP contribution in [0.25, 0.3) is 0 Å². The normalized spacial score (nSPS) is 12.5. The van der Waals surface area contributed by atoms with Crippen LogP contribution in [0.5, 0.6) is 5.75 Å². The number of hydrogen-bond acceptors (Lipinski definition) is 2. The molecule has 0 radical (unpaired) electrons. The molecule has 0 fully saturated rings. The van der Waals surface area contributed by atoms with Crippen molar-refractivity contribution in [1.82, 2.24) is 0 Å². The molecule has 1 rings (SSSR count). The Hall–Kier alpha value is -1.31. The Morgan fingerprint density at radius 1 is 1.25 bits per heavy atom. The van der Waals surface area contributed by atoms with Crippen molar-refractivity contribution in [1.29, 1.82) is 0 Å². The van der Waals surface area contributed by atoms with Crippen molar-refractivity contribution in [2.45, 2.75) is 33.6 Å². The molecule has 1 atom stereocenters. The standard InChI is InChI=1S/C14H20O2/c1-4-8-13(11(2)3)14(15)16-12-9-6-5-7-10-12/h5-7,9-11,13H,4,8H2,1-3H3. The number of rotatable bonds is 5. The van der Waals surface area contributed by atoms with Crippen LogP contribution in [0.15, 0.2) is 30.3 Å². The van der Waals surface area contributed by atoms with Gasteiger partial charge in [0.25, 0.3) is 0 Å². The highest BCUT2D eigenvalue weighted by Crippen LogP contribution is 2.20. The van der Waals surface area contributed by atoms with Crippen molar-refractivity contribution in [2.75, 3.05) is 0 Å². The van der Waals surface area contributed by atoms with E-state index in [4.69, 9.17) is 4.74 Å². The summed E-state index contributed by atoms with van der Waals surface area (Å²) in [5.41, 5.74) is 0. The van der Waals surface area contributed by atoms with Gasteiger partial charge in [-0.1, -0.05) is 45.4 Å². The van der Waals surface area contributed by atoms with Crippen molar-refractivity contribution in [3.05, 3.63) is 30.3 Å². The van der Waals surface area contributed by atoms with E-state index in [1.54, 1.807) is 12.1 Å². The van der Waals surface area contributed by atoms with E-state index >= 15 is 0 Å². The highest BCUT2D eigenvalue weighted by Gasteiger charge is 2.23. The lowest BCUT2D eigenvalue weighted by atomic mass is 9.91. The minimum atomic E-state index is -0.108. The first-order valence-electron chi connectivity index (χ1n) is 5.92. The second kappa shape index (κ2) is 6.31. The maximum absolute atomic E-state index is 11.9. The molecule has 0 spiro atoms. The second-order valence-corrected chi connectivity index (χ2v) is 4.37. The number of para-hydroxylation sites is 1. The first kappa shape index (κ1) is 12.8. The Balaban J connectivity index is 2.62. The fourth-order valence-corrected chi connectivity index (χ4v) is 1.71. The summed E-state index contributed by atoms with van der Waals surface area (Å²) < 4.78 is 5.35. The second-order valence-electron chi connectivity index (χ2n) is 4.37. The number of hydrogen-bond donors (Lipinski definition) is 0. The van der Waals surface area contributed by atoms with E-state index in [1.165, 1.54) is 0 Å². The molecule has 2 nitrogen and oxygen atoms in total. The van der Waals surface area contributed by atoms with E-state index in [2.05, 4.69) is 20.8 Å². The van der Waals surface area contributed by atoms with Gasteiger partial charge in [0.1, 0.15) is 5.75 Å². The quantitative estimate of drug-likeness (QED) is 0.559. The fraction of sp³-hybridized carbons (Fsp3) is 0.500. The van der Waals surface area contributed by atoms with Crippen LogP contribution in [0, 0.1) is 11.8 Å². The molecule has 0 aliphatic carbocycles. The van der Waals surface area contributed by atoms with Crippen LogP contribution in [-0.2, 0) is 4.79 Å². The van der Waals surface area contributed by atoms with E-state index in [0.29, 0.717) is 11.7 Å². The lowest BCUT2D eigenvalue weighted by Gasteiger charge is -2.18. The minimum Gasteiger partial charge on any atom is -0.426 e. The first-order valence-corrected chi connectivity index (χ1v) is 5.92. The maximum atomic E-state index is 11.9.